The third-order valence-corrected chi connectivity index (χ3v) is 4.27. The van der Waals surface area contributed by atoms with Crippen molar-refractivity contribution in [2.45, 2.75) is 44.2 Å². The Labute approximate surface area is 128 Å². The Hall–Kier alpha value is -2.37. The zero-order valence-electron chi connectivity index (χ0n) is 12.3. The first-order chi connectivity index (χ1) is 10.5. The van der Waals surface area contributed by atoms with Gasteiger partial charge in [0.1, 0.15) is 6.04 Å². The van der Waals surface area contributed by atoms with Crippen LogP contribution in [0.5, 0.6) is 0 Å². The summed E-state index contributed by atoms with van der Waals surface area (Å²) in [4.78, 5) is 37.5. The molecular formula is C16H18N2O4. The predicted molar refractivity (Wildman–Crippen MR) is 79.4 cm³/mol. The van der Waals surface area contributed by atoms with E-state index in [0.717, 1.165) is 18.4 Å². The lowest BCUT2D eigenvalue weighted by Crippen LogP contribution is -2.48. The summed E-state index contributed by atoms with van der Waals surface area (Å²) in [5.74, 6) is -2.10. The van der Waals surface area contributed by atoms with Crippen molar-refractivity contribution in [2.24, 2.45) is 0 Å². The van der Waals surface area contributed by atoms with Gasteiger partial charge >= 0.3 is 5.97 Å². The molecule has 0 saturated heterocycles. The van der Waals surface area contributed by atoms with Crippen LogP contribution in [0.15, 0.2) is 24.3 Å². The van der Waals surface area contributed by atoms with Crippen molar-refractivity contribution >= 4 is 23.5 Å². The first kappa shape index (κ1) is 14.6. The van der Waals surface area contributed by atoms with Crippen LogP contribution in [0.2, 0.25) is 0 Å². The molecule has 1 saturated carbocycles. The largest absolute Gasteiger partial charge is 0.480 e. The molecule has 2 N–H and O–H groups in total. The number of benzene rings is 1. The average Bonchev–Trinajstić information content (AvgIpc) is 3.30. The van der Waals surface area contributed by atoms with E-state index < -0.39 is 17.9 Å². The van der Waals surface area contributed by atoms with Crippen LogP contribution < -0.4 is 5.32 Å². The quantitative estimate of drug-likeness (QED) is 0.884. The maximum Gasteiger partial charge on any atom is 0.326 e. The van der Waals surface area contributed by atoms with E-state index in [1.807, 2.05) is 12.1 Å². The summed E-state index contributed by atoms with van der Waals surface area (Å²) in [6.45, 7) is 1.52. The molecule has 1 aromatic carbocycles. The Morgan fingerprint density at radius 1 is 1.32 bits per heavy atom. The number of para-hydroxylation sites is 1. The van der Waals surface area contributed by atoms with Crippen molar-refractivity contribution in [1.82, 2.24) is 4.90 Å². The minimum Gasteiger partial charge on any atom is -0.480 e. The van der Waals surface area contributed by atoms with Gasteiger partial charge in [-0.3, -0.25) is 9.59 Å². The van der Waals surface area contributed by atoms with E-state index in [1.165, 1.54) is 11.8 Å². The third-order valence-electron chi connectivity index (χ3n) is 4.27. The maximum atomic E-state index is 12.9. The van der Waals surface area contributed by atoms with Gasteiger partial charge in [-0.25, -0.2) is 4.79 Å². The fourth-order valence-electron chi connectivity index (χ4n) is 2.97. The number of rotatable bonds is 4. The Kier molecular flexibility index (Phi) is 3.60. The summed E-state index contributed by atoms with van der Waals surface area (Å²) < 4.78 is 0. The molecule has 0 aromatic heterocycles. The van der Waals surface area contributed by atoms with Crippen LogP contribution in [0, 0.1) is 0 Å². The number of nitrogens with one attached hydrogen (secondary N) is 1. The summed E-state index contributed by atoms with van der Waals surface area (Å²) >= 11 is 0. The Balaban J connectivity index is 1.93. The number of hydrogen-bond donors (Lipinski definition) is 2. The van der Waals surface area contributed by atoms with E-state index in [9.17, 15) is 19.5 Å². The summed E-state index contributed by atoms with van der Waals surface area (Å²) in [6.07, 6.45) is 1.71. The number of aliphatic carboxylic acids is 1. The molecule has 1 aromatic rings. The van der Waals surface area contributed by atoms with E-state index in [-0.39, 0.29) is 24.3 Å². The molecule has 116 valence electrons. The lowest BCUT2D eigenvalue weighted by atomic mass is 9.89. The Morgan fingerprint density at radius 2 is 2.00 bits per heavy atom. The molecule has 0 spiro atoms. The smallest absolute Gasteiger partial charge is 0.326 e. The molecule has 0 bridgehead atoms. The van der Waals surface area contributed by atoms with Crippen LogP contribution in [0.1, 0.15) is 37.7 Å². The highest BCUT2D eigenvalue weighted by molar-refractivity contribution is 6.01. The molecular weight excluding hydrogens is 284 g/mol. The minimum atomic E-state index is -1.02. The molecule has 3 rings (SSSR count). The molecule has 6 nitrogen and oxygen atoms in total. The van der Waals surface area contributed by atoms with Gasteiger partial charge in [0, 0.05) is 18.2 Å². The second-order valence-electron chi connectivity index (χ2n) is 5.88. The van der Waals surface area contributed by atoms with Gasteiger partial charge < -0.3 is 15.3 Å². The summed E-state index contributed by atoms with van der Waals surface area (Å²) in [6, 6.07) is 6.29. The van der Waals surface area contributed by atoms with Crippen molar-refractivity contribution in [3.8, 4) is 0 Å². The SMILES string of the molecule is CC(C(=O)O)N(C(=O)C1CC(=O)Nc2ccccc21)C1CC1. The van der Waals surface area contributed by atoms with Gasteiger partial charge in [0.05, 0.1) is 5.92 Å². The monoisotopic (exact) mass is 302 g/mol. The minimum absolute atomic E-state index is 0.0178. The molecule has 2 amide bonds. The van der Waals surface area contributed by atoms with Crippen LogP contribution in [0.4, 0.5) is 5.69 Å². The van der Waals surface area contributed by atoms with Gasteiger partial charge in [-0.1, -0.05) is 18.2 Å². The van der Waals surface area contributed by atoms with Crippen molar-refractivity contribution < 1.29 is 19.5 Å². The molecule has 2 unspecified atom stereocenters. The number of amides is 2. The van der Waals surface area contributed by atoms with Crippen LogP contribution in [-0.2, 0) is 14.4 Å². The fourth-order valence-corrected chi connectivity index (χ4v) is 2.97. The number of nitrogens with zero attached hydrogens (tertiary/aromatic N) is 1. The molecule has 2 atom stereocenters. The molecule has 0 radical (unpaired) electrons. The highest BCUT2D eigenvalue weighted by atomic mass is 16.4. The van der Waals surface area contributed by atoms with Crippen LogP contribution in [0.25, 0.3) is 0 Å². The van der Waals surface area contributed by atoms with Crippen molar-refractivity contribution in [1.29, 1.82) is 0 Å². The summed E-state index contributed by atoms with van der Waals surface area (Å²) in [5, 5.41) is 12.0. The second-order valence-corrected chi connectivity index (χ2v) is 5.88. The van der Waals surface area contributed by atoms with E-state index >= 15 is 0 Å². The lowest BCUT2D eigenvalue weighted by Gasteiger charge is -2.33. The number of carbonyl (C=O) groups excluding carboxylic acids is 2. The fraction of sp³-hybridized carbons (Fsp3) is 0.438. The van der Waals surface area contributed by atoms with Gasteiger partial charge in [0.2, 0.25) is 11.8 Å². The van der Waals surface area contributed by atoms with Gasteiger partial charge in [-0.05, 0) is 31.4 Å². The van der Waals surface area contributed by atoms with Crippen LogP contribution in [-0.4, -0.2) is 39.9 Å². The number of carbonyl (C=O) groups is 3. The molecule has 6 heteroatoms. The van der Waals surface area contributed by atoms with E-state index in [4.69, 9.17) is 0 Å². The predicted octanol–water partition coefficient (Wildman–Crippen LogP) is 1.58. The first-order valence-corrected chi connectivity index (χ1v) is 7.43. The highest BCUT2D eigenvalue weighted by Gasteiger charge is 2.43. The molecule has 1 heterocycles. The zero-order valence-corrected chi connectivity index (χ0v) is 12.3. The lowest BCUT2D eigenvalue weighted by molar-refractivity contribution is -0.151. The molecule has 1 aliphatic heterocycles. The van der Waals surface area contributed by atoms with E-state index in [2.05, 4.69) is 5.32 Å². The van der Waals surface area contributed by atoms with E-state index in [1.54, 1.807) is 12.1 Å². The molecule has 22 heavy (non-hydrogen) atoms. The summed E-state index contributed by atoms with van der Waals surface area (Å²) in [5.41, 5.74) is 1.39. The zero-order chi connectivity index (χ0) is 15.9. The first-order valence-electron chi connectivity index (χ1n) is 7.43. The van der Waals surface area contributed by atoms with Crippen molar-refractivity contribution in [3.05, 3.63) is 29.8 Å². The number of carboxylic acids is 1. The number of anilines is 1. The second kappa shape index (κ2) is 5.44. The molecule has 1 aliphatic carbocycles. The topological polar surface area (TPSA) is 86.7 Å². The molecule has 1 fully saturated rings. The number of carboxylic acid groups (broad SMARTS) is 1. The van der Waals surface area contributed by atoms with Crippen LogP contribution in [0.3, 0.4) is 0 Å². The normalized spacial score (nSPS) is 21.5. The van der Waals surface area contributed by atoms with E-state index in [0.29, 0.717) is 5.69 Å². The van der Waals surface area contributed by atoms with Gasteiger partial charge in [-0.15, -0.1) is 0 Å². The summed E-state index contributed by atoms with van der Waals surface area (Å²) in [7, 11) is 0. The highest BCUT2D eigenvalue weighted by Crippen LogP contribution is 2.37. The number of fused-ring (bicyclic) bond motifs is 1. The van der Waals surface area contributed by atoms with Gasteiger partial charge in [-0.2, -0.15) is 0 Å². The molecule has 2 aliphatic rings. The number of hydrogen-bond acceptors (Lipinski definition) is 3. The van der Waals surface area contributed by atoms with Crippen molar-refractivity contribution in [2.75, 3.05) is 5.32 Å². The van der Waals surface area contributed by atoms with Crippen molar-refractivity contribution in [3.63, 3.8) is 0 Å². The van der Waals surface area contributed by atoms with Gasteiger partial charge in [0.15, 0.2) is 0 Å². The standard InChI is InChI=1S/C16H18N2O4/c1-9(16(21)22)18(10-6-7-10)15(20)12-8-14(19)17-13-5-3-2-4-11(12)13/h2-5,9-10,12H,6-8H2,1H3,(H,17,19)(H,21,22). The van der Waals surface area contributed by atoms with Gasteiger partial charge in [0.25, 0.3) is 0 Å². The Bertz CT molecular complexity index is 639. The third kappa shape index (κ3) is 2.56. The average molecular weight is 302 g/mol. The maximum absolute atomic E-state index is 12.9. The Morgan fingerprint density at radius 3 is 2.64 bits per heavy atom. The van der Waals surface area contributed by atoms with Crippen LogP contribution >= 0.6 is 0 Å².